The predicted molar refractivity (Wildman–Crippen MR) is 395 cm³/mol. The number of phosphoric acid groups is 2. The average molecular weight is 1420 g/mol. The Bertz CT molecular complexity index is 1870. The lowest BCUT2D eigenvalue weighted by Crippen LogP contribution is -2.30. The quantitative estimate of drug-likeness (QED) is 0.0222. The van der Waals surface area contributed by atoms with Gasteiger partial charge in [-0.3, -0.25) is 37.3 Å². The van der Waals surface area contributed by atoms with Crippen LogP contribution in [-0.2, 0) is 65.4 Å². The SMILES string of the molecule is CCCCCCCCCCCCCCCCCCCCCCCC(=O)O[C@H](COC(=O)CCCCCCCCCCCCCCCCC)COP(=O)(O)OC[C@@H](O)COP(=O)(O)OC[C@@H](COC(=O)CCCCCCCCC(C)C)OC(=O)CCCCCCCCCCCC(C)C. The topological polar surface area (TPSA) is 237 Å². The van der Waals surface area contributed by atoms with Crippen molar-refractivity contribution in [1.29, 1.82) is 0 Å². The summed E-state index contributed by atoms with van der Waals surface area (Å²) in [6.07, 6.45) is 58.6. The molecule has 576 valence electrons. The lowest BCUT2D eigenvalue weighted by atomic mass is 10.0. The summed E-state index contributed by atoms with van der Waals surface area (Å²) in [6.45, 7) is 9.50. The van der Waals surface area contributed by atoms with Gasteiger partial charge in [0, 0.05) is 25.7 Å². The minimum atomic E-state index is -4.96. The molecule has 0 aromatic heterocycles. The van der Waals surface area contributed by atoms with Gasteiger partial charge in [-0.1, -0.05) is 356 Å². The van der Waals surface area contributed by atoms with Crippen molar-refractivity contribution in [2.45, 2.75) is 426 Å². The fourth-order valence-electron chi connectivity index (χ4n) is 12.0. The summed E-state index contributed by atoms with van der Waals surface area (Å²) < 4.78 is 68.5. The number of hydrogen-bond acceptors (Lipinski definition) is 15. The lowest BCUT2D eigenvalue weighted by molar-refractivity contribution is -0.161. The molecule has 19 heteroatoms. The van der Waals surface area contributed by atoms with E-state index in [1.165, 1.54) is 218 Å². The highest BCUT2D eigenvalue weighted by molar-refractivity contribution is 7.47. The molecular weight excluding hydrogens is 1270 g/mol. The van der Waals surface area contributed by atoms with Crippen molar-refractivity contribution in [3.63, 3.8) is 0 Å². The monoisotopic (exact) mass is 1420 g/mol. The summed E-state index contributed by atoms with van der Waals surface area (Å²) in [5.41, 5.74) is 0. The van der Waals surface area contributed by atoms with E-state index in [1.807, 2.05) is 0 Å². The first-order valence-corrected chi connectivity index (χ1v) is 43.5. The molecule has 5 atom stereocenters. The molecule has 0 aliphatic heterocycles. The molecule has 0 aromatic rings. The van der Waals surface area contributed by atoms with E-state index in [4.69, 9.17) is 37.0 Å². The first kappa shape index (κ1) is 95.1. The van der Waals surface area contributed by atoms with E-state index < -0.39 is 97.5 Å². The number of phosphoric ester groups is 2. The molecule has 0 saturated heterocycles. The number of carbonyl (C=O) groups is 4. The van der Waals surface area contributed by atoms with Crippen molar-refractivity contribution in [1.82, 2.24) is 0 Å². The zero-order valence-corrected chi connectivity index (χ0v) is 65.2. The van der Waals surface area contributed by atoms with E-state index in [2.05, 4.69) is 41.5 Å². The summed E-state index contributed by atoms with van der Waals surface area (Å²) in [4.78, 5) is 72.8. The Morgan fingerprint density at radius 2 is 0.474 bits per heavy atom. The highest BCUT2D eigenvalue weighted by Crippen LogP contribution is 2.45. The standard InChI is InChI=1S/C78H152O17P2/c1-7-9-11-13-15-17-19-21-23-24-25-26-27-28-30-32-34-38-42-50-56-62-77(82)94-73(66-88-75(80)60-54-48-41-37-33-31-29-22-20-18-16-14-12-10-8-2)68-92-96(84,85)90-64-72(79)65-91-97(86,87)93-69-74(67-89-76(81)61-55-49-45-44-47-53-59-71(5)6)95-78(83)63-57-51-43-39-35-36-40-46-52-58-70(3)4/h70-74,79H,7-69H2,1-6H3,(H,84,85)(H,86,87)/t72-,73-,74-/m1/s1. The summed E-state index contributed by atoms with van der Waals surface area (Å²) in [5, 5.41) is 10.6. The van der Waals surface area contributed by atoms with Gasteiger partial charge in [0.05, 0.1) is 26.4 Å². The number of hydrogen-bond donors (Lipinski definition) is 3. The zero-order chi connectivity index (χ0) is 71.4. The van der Waals surface area contributed by atoms with Crippen LogP contribution in [0.15, 0.2) is 0 Å². The zero-order valence-electron chi connectivity index (χ0n) is 63.4. The number of rotatable bonds is 77. The van der Waals surface area contributed by atoms with Crippen molar-refractivity contribution in [2.75, 3.05) is 39.6 Å². The number of aliphatic hydroxyl groups excluding tert-OH is 1. The maximum absolute atomic E-state index is 13.1. The minimum absolute atomic E-state index is 0.104. The van der Waals surface area contributed by atoms with Crippen molar-refractivity contribution >= 4 is 39.5 Å². The van der Waals surface area contributed by atoms with Gasteiger partial charge in [-0.05, 0) is 37.5 Å². The third kappa shape index (κ3) is 72.2. The van der Waals surface area contributed by atoms with Gasteiger partial charge in [-0.15, -0.1) is 0 Å². The maximum atomic E-state index is 13.1. The first-order chi connectivity index (χ1) is 46.9. The third-order valence-corrected chi connectivity index (χ3v) is 20.1. The molecule has 0 fully saturated rings. The van der Waals surface area contributed by atoms with Crippen molar-refractivity contribution < 1.29 is 80.2 Å². The molecule has 0 radical (unpaired) electrons. The molecule has 0 aliphatic carbocycles. The van der Waals surface area contributed by atoms with Gasteiger partial charge >= 0.3 is 39.5 Å². The van der Waals surface area contributed by atoms with Crippen LogP contribution in [0.5, 0.6) is 0 Å². The molecular formula is C78H152O17P2. The van der Waals surface area contributed by atoms with Gasteiger partial charge in [0.25, 0.3) is 0 Å². The van der Waals surface area contributed by atoms with E-state index in [9.17, 15) is 43.2 Å². The van der Waals surface area contributed by atoms with E-state index >= 15 is 0 Å². The van der Waals surface area contributed by atoms with Crippen LogP contribution in [-0.4, -0.2) is 96.7 Å². The fourth-order valence-corrected chi connectivity index (χ4v) is 13.6. The Hall–Kier alpha value is -1.94. The highest BCUT2D eigenvalue weighted by Gasteiger charge is 2.30. The molecule has 0 aliphatic rings. The molecule has 3 N–H and O–H groups in total. The number of aliphatic hydroxyl groups is 1. The van der Waals surface area contributed by atoms with Crippen LogP contribution < -0.4 is 0 Å². The molecule has 0 bridgehead atoms. The second kappa shape index (κ2) is 69.8. The normalized spacial score (nSPS) is 14.0. The molecule has 0 rings (SSSR count). The molecule has 0 aromatic carbocycles. The Kier molecular flexibility index (Phi) is 68.4. The van der Waals surface area contributed by atoms with Crippen molar-refractivity contribution in [2.24, 2.45) is 11.8 Å². The second-order valence-corrected chi connectivity index (χ2v) is 32.0. The predicted octanol–water partition coefficient (Wildman–Crippen LogP) is 23.1. The van der Waals surface area contributed by atoms with Crippen molar-refractivity contribution in [3.8, 4) is 0 Å². The van der Waals surface area contributed by atoms with Gasteiger partial charge in [-0.25, -0.2) is 9.13 Å². The highest BCUT2D eigenvalue weighted by atomic mass is 31.2. The number of esters is 4. The van der Waals surface area contributed by atoms with E-state index in [0.29, 0.717) is 31.6 Å². The summed E-state index contributed by atoms with van der Waals surface area (Å²) in [5.74, 6) is -0.701. The summed E-state index contributed by atoms with van der Waals surface area (Å²) in [6, 6.07) is 0. The third-order valence-electron chi connectivity index (χ3n) is 18.2. The molecule has 17 nitrogen and oxygen atoms in total. The minimum Gasteiger partial charge on any atom is -0.462 e. The average Bonchev–Trinajstić information content (AvgIpc) is 1.95. The van der Waals surface area contributed by atoms with Gasteiger partial charge in [-0.2, -0.15) is 0 Å². The van der Waals surface area contributed by atoms with Gasteiger partial charge in [0.2, 0.25) is 0 Å². The summed E-state index contributed by atoms with van der Waals surface area (Å²) in [7, 11) is -9.91. The lowest BCUT2D eigenvalue weighted by Gasteiger charge is -2.21. The largest absolute Gasteiger partial charge is 0.472 e. The number of unbranched alkanes of at least 4 members (excludes halogenated alkanes) is 47. The maximum Gasteiger partial charge on any atom is 0.472 e. The molecule has 97 heavy (non-hydrogen) atoms. The Morgan fingerprint density at radius 1 is 0.278 bits per heavy atom. The number of carbonyl (C=O) groups excluding carboxylic acids is 4. The Morgan fingerprint density at radius 3 is 0.701 bits per heavy atom. The molecule has 2 unspecified atom stereocenters. The van der Waals surface area contributed by atoms with Gasteiger partial charge < -0.3 is 33.8 Å². The number of ether oxygens (including phenoxy) is 4. The molecule has 0 spiro atoms. The van der Waals surface area contributed by atoms with Crippen LogP contribution in [0.3, 0.4) is 0 Å². The van der Waals surface area contributed by atoms with Gasteiger partial charge in [0.15, 0.2) is 12.2 Å². The molecule has 0 heterocycles. The van der Waals surface area contributed by atoms with Crippen molar-refractivity contribution in [3.05, 3.63) is 0 Å². The smallest absolute Gasteiger partial charge is 0.462 e. The van der Waals surface area contributed by atoms with Crippen LogP contribution in [0.2, 0.25) is 0 Å². The van der Waals surface area contributed by atoms with Crippen LogP contribution in [0.25, 0.3) is 0 Å². The Balaban J connectivity index is 5.20. The van der Waals surface area contributed by atoms with Gasteiger partial charge in [0.1, 0.15) is 19.3 Å². The van der Waals surface area contributed by atoms with E-state index in [1.54, 1.807) is 0 Å². The van der Waals surface area contributed by atoms with E-state index in [0.717, 1.165) is 102 Å². The molecule has 0 saturated carbocycles. The van der Waals surface area contributed by atoms with Crippen LogP contribution in [0.4, 0.5) is 0 Å². The van der Waals surface area contributed by atoms with Crippen LogP contribution >= 0.6 is 15.6 Å². The second-order valence-electron chi connectivity index (χ2n) is 29.1. The first-order valence-electron chi connectivity index (χ1n) is 40.5. The van der Waals surface area contributed by atoms with E-state index in [-0.39, 0.29) is 25.7 Å². The molecule has 0 amide bonds. The van der Waals surface area contributed by atoms with Crippen LogP contribution in [0.1, 0.15) is 408 Å². The van der Waals surface area contributed by atoms with Crippen LogP contribution in [0, 0.1) is 11.8 Å². The summed E-state index contributed by atoms with van der Waals surface area (Å²) >= 11 is 0. The fraction of sp³-hybridized carbons (Fsp3) is 0.949. The Labute approximate surface area is 594 Å².